The molecule has 26 heavy (non-hydrogen) atoms. The molecule has 0 aliphatic heterocycles. The molecule has 3 aromatic rings. The van der Waals surface area contributed by atoms with Gasteiger partial charge < -0.3 is 14.6 Å². The van der Waals surface area contributed by atoms with Crippen molar-refractivity contribution < 1.29 is 14.1 Å². The number of hydrogen-bond donors (Lipinski definition) is 1. The van der Waals surface area contributed by atoms with E-state index in [0.717, 1.165) is 17.7 Å². The Bertz CT molecular complexity index is 881. The lowest BCUT2D eigenvalue weighted by Crippen LogP contribution is -2.15. The number of nitrogens with zero attached hydrogens (tertiary/aromatic N) is 1. The normalized spacial score (nSPS) is 10.6. The van der Waals surface area contributed by atoms with Crippen molar-refractivity contribution in [2.75, 3.05) is 5.32 Å². The summed E-state index contributed by atoms with van der Waals surface area (Å²) >= 11 is 0. The fourth-order valence-corrected chi connectivity index (χ4v) is 2.54. The molecule has 5 nitrogen and oxygen atoms in total. The molecule has 0 fully saturated rings. The average molecular weight is 350 g/mol. The van der Waals surface area contributed by atoms with E-state index >= 15 is 0 Å². The van der Waals surface area contributed by atoms with Gasteiger partial charge in [0.2, 0.25) is 0 Å². The van der Waals surface area contributed by atoms with E-state index in [4.69, 9.17) is 9.26 Å². The molecular formula is C21H22N2O3. The van der Waals surface area contributed by atoms with E-state index in [9.17, 15) is 4.79 Å². The number of carbonyl (C=O) groups is 1. The smallest absolute Gasteiger partial charge is 0.278 e. The first kappa shape index (κ1) is 17.7. The van der Waals surface area contributed by atoms with Gasteiger partial charge in [-0.3, -0.25) is 4.79 Å². The Morgan fingerprint density at radius 1 is 1.08 bits per heavy atom. The van der Waals surface area contributed by atoms with Crippen molar-refractivity contribution in [2.45, 2.75) is 33.8 Å². The van der Waals surface area contributed by atoms with Gasteiger partial charge in [0.15, 0.2) is 5.69 Å². The third-order valence-electron chi connectivity index (χ3n) is 4.22. The lowest BCUT2D eigenvalue weighted by molar-refractivity contribution is 0.101. The molecule has 5 heteroatoms. The highest BCUT2D eigenvalue weighted by molar-refractivity contribution is 6.03. The molecule has 0 saturated carbocycles. The molecule has 0 atom stereocenters. The van der Waals surface area contributed by atoms with Gasteiger partial charge in [-0.05, 0) is 50.1 Å². The molecule has 3 rings (SSSR count). The van der Waals surface area contributed by atoms with E-state index in [0.29, 0.717) is 17.0 Å². The molecule has 1 N–H and O–H groups in total. The highest BCUT2D eigenvalue weighted by Crippen LogP contribution is 2.20. The first-order valence-corrected chi connectivity index (χ1v) is 8.61. The summed E-state index contributed by atoms with van der Waals surface area (Å²) < 4.78 is 11.0. The van der Waals surface area contributed by atoms with Crippen LogP contribution in [0.4, 0.5) is 5.69 Å². The van der Waals surface area contributed by atoms with Crippen molar-refractivity contribution >= 4 is 11.6 Å². The van der Waals surface area contributed by atoms with Crippen LogP contribution in [0, 0.1) is 13.8 Å². The first-order chi connectivity index (χ1) is 12.6. The van der Waals surface area contributed by atoms with Crippen molar-refractivity contribution in [1.82, 2.24) is 5.16 Å². The molecule has 134 valence electrons. The van der Waals surface area contributed by atoms with Gasteiger partial charge in [0.05, 0.1) is 5.56 Å². The molecule has 0 radical (unpaired) electrons. The summed E-state index contributed by atoms with van der Waals surface area (Å²) in [5, 5.41) is 6.74. The number of rotatable bonds is 6. The maximum atomic E-state index is 12.5. The average Bonchev–Trinajstić information content (AvgIpc) is 3.03. The van der Waals surface area contributed by atoms with Crippen LogP contribution in [-0.4, -0.2) is 11.1 Å². The van der Waals surface area contributed by atoms with Crippen LogP contribution in [0.15, 0.2) is 53.1 Å². The van der Waals surface area contributed by atoms with Gasteiger partial charge in [-0.1, -0.05) is 41.9 Å². The number of ether oxygens (including phenoxy) is 1. The summed E-state index contributed by atoms with van der Waals surface area (Å²) in [6.45, 7) is 6.09. The second-order valence-electron chi connectivity index (χ2n) is 6.17. The summed E-state index contributed by atoms with van der Waals surface area (Å²) in [5.41, 5.74) is 3.98. The molecule has 0 unspecified atom stereocenters. The fraction of sp³-hybridized carbons (Fsp3) is 0.238. The van der Waals surface area contributed by atoms with E-state index in [2.05, 4.69) is 17.4 Å². The molecule has 0 aliphatic carbocycles. The molecule has 1 amide bonds. The lowest BCUT2D eigenvalue weighted by atomic mass is 10.1. The van der Waals surface area contributed by atoms with Crippen molar-refractivity contribution in [3.05, 3.63) is 76.7 Å². The second-order valence-corrected chi connectivity index (χ2v) is 6.17. The number of amides is 1. The van der Waals surface area contributed by atoms with Crippen LogP contribution < -0.4 is 10.1 Å². The molecule has 1 aromatic heterocycles. The van der Waals surface area contributed by atoms with Gasteiger partial charge >= 0.3 is 0 Å². The molecule has 1 heterocycles. The van der Waals surface area contributed by atoms with Crippen LogP contribution in [-0.2, 0) is 13.0 Å². The molecule has 0 aliphatic rings. The third kappa shape index (κ3) is 4.11. The minimum absolute atomic E-state index is 0.220. The predicted molar refractivity (Wildman–Crippen MR) is 101 cm³/mol. The van der Waals surface area contributed by atoms with E-state index in [1.54, 1.807) is 6.92 Å². The van der Waals surface area contributed by atoms with Crippen LogP contribution in [0.1, 0.15) is 39.9 Å². The predicted octanol–water partition coefficient (Wildman–Crippen LogP) is 4.69. The monoisotopic (exact) mass is 350 g/mol. The number of aromatic nitrogens is 1. The summed E-state index contributed by atoms with van der Waals surface area (Å²) in [6.07, 6.45) is 0.981. The Balaban J connectivity index is 1.71. The largest absolute Gasteiger partial charge is 0.489 e. The van der Waals surface area contributed by atoms with Crippen molar-refractivity contribution in [3.8, 4) is 5.75 Å². The fourth-order valence-electron chi connectivity index (χ4n) is 2.54. The Labute approximate surface area is 153 Å². The molecule has 0 bridgehead atoms. The van der Waals surface area contributed by atoms with Crippen LogP contribution in [0.3, 0.4) is 0 Å². The molecule has 2 aromatic carbocycles. The van der Waals surface area contributed by atoms with Gasteiger partial charge in [0.1, 0.15) is 18.1 Å². The highest BCUT2D eigenvalue weighted by Gasteiger charge is 2.20. The van der Waals surface area contributed by atoms with E-state index in [1.807, 2.05) is 55.5 Å². The van der Waals surface area contributed by atoms with Gasteiger partial charge in [0, 0.05) is 5.69 Å². The van der Waals surface area contributed by atoms with Gasteiger partial charge in [-0.25, -0.2) is 0 Å². The Morgan fingerprint density at radius 2 is 1.77 bits per heavy atom. The minimum atomic E-state index is -0.314. The maximum absolute atomic E-state index is 12.5. The molecule has 0 saturated heterocycles. The van der Waals surface area contributed by atoms with E-state index in [-0.39, 0.29) is 18.2 Å². The van der Waals surface area contributed by atoms with Crippen LogP contribution in [0.5, 0.6) is 5.75 Å². The molecule has 0 spiro atoms. The zero-order valence-corrected chi connectivity index (χ0v) is 15.2. The van der Waals surface area contributed by atoms with Crippen molar-refractivity contribution in [2.24, 2.45) is 0 Å². The molecular weight excluding hydrogens is 328 g/mol. The number of anilines is 1. The quantitative estimate of drug-likeness (QED) is 0.701. The number of benzene rings is 2. The summed E-state index contributed by atoms with van der Waals surface area (Å²) in [5.74, 6) is 1.00. The number of hydrogen-bond acceptors (Lipinski definition) is 4. The van der Waals surface area contributed by atoms with Crippen LogP contribution in [0.25, 0.3) is 0 Å². The maximum Gasteiger partial charge on any atom is 0.278 e. The summed E-state index contributed by atoms with van der Waals surface area (Å²) in [6, 6.07) is 15.5. The highest BCUT2D eigenvalue weighted by atomic mass is 16.5. The number of nitrogens with one attached hydrogen (secondary N) is 1. The number of aryl methyl sites for hydroxylation is 3. The van der Waals surface area contributed by atoms with Crippen LogP contribution in [0.2, 0.25) is 0 Å². The van der Waals surface area contributed by atoms with Gasteiger partial charge in [0.25, 0.3) is 5.91 Å². The third-order valence-corrected chi connectivity index (χ3v) is 4.22. The van der Waals surface area contributed by atoms with Gasteiger partial charge in [-0.15, -0.1) is 0 Å². The van der Waals surface area contributed by atoms with Crippen molar-refractivity contribution in [3.63, 3.8) is 0 Å². The summed E-state index contributed by atoms with van der Waals surface area (Å²) in [4.78, 5) is 12.5. The Hall–Kier alpha value is -3.08. The van der Waals surface area contributed by atoms with E-state index in [1.165, 1.54) is 5.56 Å². The zero-order valence-electron chi connectivity index (χ0n) is 15.2. The van der Waals surface area contributed by atoms with E-state index < -0.39 is 0 Å². The Morgan fingerprint density at radius 3 is 2.42 bits per heavy atom. The van der Waals surface area contributed by atoms with Crippen molar-refractivity contribution in [1.29, 1.82) is 0 Å². The van der Waals surface area contributed by atoms with Crippen LogP contribution >= 0.6 is 0 Å². The number of carbonyl (C=O) groups excluding carboxylic acids is 1. The first-order valence-electron chi connectivity index (χ1n) is 8.61. The van der Waals surface area contributed by atoms with Gasteiger partial charge in [-0.2, -0.15) is 0 Å². The second kappa shape index (κ2) is 7.87. The SMILES string of the molecule is CCc1ccc(OCc2c(C(=O)Nc3ccc(C)cc3)noc2C)cc1. The standard InChI is InChI=1S/C21H22N2O3/c1-4-16-7-11-18(12-8-16)25-13-19-15(3)26-23-20(19)21(24)22-17-9-5-14(2)6-10-17/h5-12H,4,13H2,1-3H3,(H,22,24). The Kier molecular flexibility index (Phi) is 5.37. The summed E-state index contributed by atoms with van der Waals surface area (Å²) in [7, 11) is 0. The lowest BCUT2D eigenvalue weighted by Gasteiger charge is -2.08. The zero-order chi connectivity index (χ0) is 18.5. The minimum Gasteiger partial charge on any atom is -0.489 e. The topological polar surface area (TPSA) is 64.4 Å².